The van der Waals surface area contributed by atoms with Gasteiger partial charge in [-0.1, -0.05) is 36.4 Å². The van der Waals surface area contributed by atoms with E-state index >= 15 is 0 Å². The Kier molecular flexibility index (Phi) is 9.93. The fourth-order valence-electron chi connectivity index (χ4n) is 3.92. The lowest BCUT2D eigenvalue weighted by molar-refractivity contribution is -0.128. The van der Waals surface area contributed by atoms with Crippen LogP contribution in [0.1, 0.15) is 36.5 Å². The van der Waals surface area contributed by atoms with Crippen LogP contribution in [0.3, 0.4) is 0 Å². The summed E-state index contributed by atoms with van der Waals surface area (Å²) >= 11 is 0. The van der Waals surface area contributed by atoms with Gasteiger partial charge in [0, 0.05) is 45.0 Å². The van der Waals surface area contributed by atoms with Crippen LogP contribution >= 0.6 is 24.0 Å². The van der Waals surface area contributed by atoms with Gasteiger partial charge in [-0.05, 0) is 54.7 Å². The van der Waals surface area contributed by atoms with E-state index in [2.05, 4.69) is 71.2 Å². The van der Waals surface area contributed by atoms with Gasteiger partial charge < -0.3 is 15.5 Å². The number of aliphatic imine (C=N–C) groups is 1. The first kappa shape index (κ1) is 25.7. The molecule has 2 heterocycles. The van der Waals surface area contributed by atoms with Gasteiger partial charge in [0.2, 0.25) is 5.91 Å². The van der Waals surface area contributed by atoms with Crippen molar-refractivity contribution in [1.29, 1.82) is 0 Å². The third-order valence-electron chi connectivity index (χ3n) is 5.74. The SMILES string of the molecule is CCNC(=NCc1ccc(CN2CCCC2=O)cc1)NCCc1ccc(-n2cccn2)cc1.I. The van der Waals surface area contributed by atoms with Crippen molar-refractivity contribution in [3.63, 3.8) is 0 Å². The predicted molar refractivity (Wildman–Crippen MR) is 147 cm³/mol. The maximum Gasteiger partial charge on any atom is 0.222 e. The molecule has 0 spiro atoms. The monoisotopic (exact) mass is 572 g/mol. The molecule has 2 aromatic carbocycles. The minimum absolute atomic E-state index is 0. The Morgan fingerprint density at radius 2 is 1.76 bits per heavy atom. The first-order valence-electron chi connectivity index (χ1n) is 11.7. The van der Waals surface area contributed by atoms with Crippen LogP contribution in [0.5, 0.6) is 0 Å². The molecule has 0 saturated carbocycles. The molecule has 180 valence electrons. The zero-order chi connectivity index (χ0) is 22.9. The molecule has 0 aliphatic carbocycles. The van der Waals surface area contributed by atoms with E-state index < -0.39 is 0 Å². The number of carbonyl (C=O) groups excluding carboxylic acids is 1. The van der Waals surface area contributed by atoms with Gasteiger partial charge >= 0.3 is 0 Å². The van der Waals surface area contributed by atoms with Crippen LogP contribution in [0.25, 0.3) is 5.69 Å². The molecule has 1 aromatic heterocycles. The van der Waals surface area contributed by atoms with E-state index in [1.54, 1.807) is 6.20 Å². The molecular formula is C26H33IN6O. The van der Waals surface area contributed by atoms with Crippen molar-refractivity contribution in [2.75, 3.05) is 19.6 Å². The third-order valence-corrected chi connectivity index (χ3v) is 5.74. The second kappa shape index (κ2) is 13.1. The maximum atomic E-state index is 11.8. The largest absolute Gasteiger partial charge is 0.357 e. The van der Waals surface area contributed by atoms with Crippen molar-refractivity contribution in [3.8, 4) is 5.69 Å². The lowest BCUT2D eigenvalue weighted by atomic mass is 10.1. The quantitative estimate of drug-likeness (QED) is 0.232. The van der Waals surface area contributed by atoms with Gasteiger partial charge in [0.15, 0.2) is 5.96 Å². The molecule has 0 bridgehead atoms. The van der Waals surface area contributed by atoms with Crippen molar-refractivity contribution in [1.82, 2.24) is 25.3 Å². The minimum Gasteiger partial charge on any atom is -0.357 e. The normalized spacial score (nSPS) is 13.6. The molecule has 1 amide bonds. The zero-order valence-electron chi connectivity index (χ0n) is 19.6. The number of halogens is 1. The van der Waals surface area contributed by atoms with Crippen LogP contribution in [-0.4, -0.2) is 46.2 Å². The molecule has 34 heavy (non-hydrogen) atoms. The molecule has 1 aliphatic heterocycles. The minimum atomic E-state index is 0. The van der Waals surface area contributed by atoms with Gasteiger partial charge in [0.1, 0.15) is 0 Å². The van der Waals surface area contributed by atoms with Crippen molar-refractivity contribution < 1.29 is 4.79 Å². The Bertz CT molecular complexity index is 1050. The molecule has 0 unspecified atom stereocenters. The van der Waals surface area contributed by atoms with E-state index in [1.807, 2.05) is 21.8 Å². The number of nitrogens with zero attached hydrogens (tertiary/aromatic N) is 4. The Hall–Kier alpha value is -2.88. The molecular weight excluding hydrogens is 539 g/mol. The Labute approximate surface area is 218 Å². The Morgan fingerprint density at radius 1 is 1.03 bits per heavy atom. The lowest BCUT2D eigenvalue weighted by Gasteiger charge is -2.15. The van der Waals surface area contributed by atoms with Crippen molar-refractivity contribution in [3.05, 3.63) is 83.7 Å². The van der Waals surface area contributed by atoms with Gasteiger partial charge in [0.25, 0.3) is 0 Å². The summed E-state index contributed by atoms with van der Waals surface area (Å²) in [4.78, 5) is 18.5. The van der Waals surface area contributed by atoms with Crippen LogP contribution in [0.15, 0.2) is 72.0 Å². The summed E-state index contributed by atoms with van der Waals surface area (Å²) in [6.07, 6.45) is 6.29. The number of nitrogens with one attached hydrogen (secondary N) is 2. The summed E-state index contributed by atoms with van der Waals surface area (Å²) in [5.41, 5.74) is 4.64. The van der Waals surface area contributed by atoms with E-state index in [0.29, 0.717) is 19.5 Å². The number of guanidine groups is 1. The molecule has 8 heteroatoms. The third kappa shape index (κ3) is 7.31. The van der Waals surface area contributed by atoms with Crippen LogP contribution in [-0.2, 0) is 24.3 Å². The highest BCUT2D eigenvalue weighted by molar-refractivity contribution is 14.0. The molecule has 4 rings (SSSR count). The number of likely N-dealkylation sites (tertiary alicyclic amines) is 1. The topological polar surface area (TPSA) is 74.6 Å². The molecule has 1 saturated heterocycles. The van der Waals surface area contributed by atoms with Crippen LogP contribution in [0, 0.1) is 0 Å². The average molecular weight is 572 g/mol. The van der Waals surface area contributed by atoms with Gasteiger partial charge in [-0.2, -0.15) is 5.10 Å². The number of hydrogen-bond donors (Lipinski definition) is 2. The maximum absolute atomic E-state index is 11.8. The summed E-state index contributed by atoms with van der Waals surface area (Å²) in [7, 11) is 0. The highest BCUT2D eigenvalue weighted by atomic mass is 127. The van der Waals surface area contributed by atoms with E-state index in [1.165, 1.54) is 11.1 Å². The Morgan fingerprint density at radius 3 is 2.41 bits per heavy atom. The van der Waals surface area contributed by atoms with Gasteiger partial charge in [0.05, 0.1) is 12.2 Å². The number of aromatic nitrogens is 2. The molecule has 2 N–H and O–H groups in total. The van der Waals surface area contributed by atoms with Crippen LogP contribution in [0.2, 0.25) is 0 Å². The molecule has 7 nitrogen and oxygen atoms in total. The standard InChI is InChI=1S/C26H32N6O.HI/c1-2-27-26(28-16-14-21-10-12-24(13-11-21)32-18-4-15-30-32)29-19-22-6-8-23(9-7-22)20-31-17-3-5-25(31)33;/h4,6-13,15,18H,2-3,5,14,16-17,19-20H2,1H3,(H2,27,28,29);1H. The predicted octanol–water partition coefficient (Wildman–Crippen LogP) is 3.91. The number of benzene rings is 2. The number of rotatable bonds is 9. The molecule has 1 aliphatic rings. The highest BCUT2D eigenvalue weighted by Crippen LogP contribution is 2.15. The fraction of sp³-hybridized carbons (Fsp3) is 0.346. The smallest absolute Gasteiger partial charge is 0.222 e. The van der Waals surface area contributed by atoms with Crippen molar-refractivity contribution in [2.24, 2.45) is 4.99 Å². The first-order valence-corrected chi connectivity index (χ1v) is 11.7. The van der Waals surface area contributed by atoms with Crippen LogP contribution < -0.4 is 10.6 Å². The first-order chi connectivity index (χ1) is 16.2. The van der Waals surface area contributed by atoms with Crippen molar-refractivity contribution in [2.45, 2.75) is 39.3 Å². The van der Waals surface area contributed by atoms with Gasteiger partial charge in [-0.3, -0.25) is 4.79 Å². The van der Waals surface area contributed by atoms with Crippen molar-refractivity contribution >= 4 is 35.8 Å². The summed E-state index contributed by atoms with van der Waals surface area (Å²) in [6.45, 7) is 5.87. The fourth-order valence-corrected chi connectivity index (χ4v) is 3.92. The summed E-state index contributed by atoms with van der Waals surface area (Å²) in [6, 6.07) is 18.8. The van der Waals surface area contributed by atoms with Crippen LogP contribution in [0.4, 0.5) is 0 Å². The average Bonchev–Trinajstić information content (AvgIpc) is 3.51. The number of hydrogen-bond acceptors (Lipinski definition) is 3. The van der Waals surface area contributed by atoms with E-state index in [9.17, 15) is 4.79 Å². The van der Waals surface area contributed by atoms with Gasteiger partial charge in [-0.25, -0.2) is 9.67 Å². The number of amides is 1. The summed E-state index contributed by atoms with van der Waals surface area (Å²) < 4.78 is 1.86. The summed E-state index contributed by atoms with van der Waals surface area (Å²) in [5, 5.41) is 11.0. The van der Waals surface area contributed by atoms with E-state index in [0.717, 1.165) is 49.7 Å². The highest BCUT2D eigenvalue weighted by Gasteiger charge is 2.19. The zero-order valence-corrected chi connectivity index (χ0v) is 21.9. The second-order valence-electron chi connectivity index (χ2n) is 8.22. The number of carbonyl (C=O) groups is 1. The molecule has 1 fully saturated rings. The molecule has 0 radical (unpaired) electrons. The lowest BCUT2D eigenvalue weighted by Crippen LogP contribution is -2.38. The van der Waals surface area contributed by atoms with Gasteiger partial charge in [-0.15, -0.1) is 24.0 Å². The van der Waals surface area contributed by atoms with E-state index in [4.69, 9.17) is 4.99 Å². The van der Waals surface area contributed by atoms with E-state index in [-0.39, 0.29) is 29.9 Å². The Balaban J connectivity index is 0.00000324. The summed E-state index contributed by atoms with van der Waals surface area (Å²) in [5.74, 6) is 1.08. The molecule has 3 aromatic rings. The molecule has 0 atom stereocenters. The second-order valence-corrected chi connectivity index (χ2v) is 8.22.